The van der Waals surface area contributed by atoms with Crippen molar-refractivity contribution in [3.05, 3.63) is 34.9 Å². The van der Waals surface area contributed by atoms with E-state index in [1.165, 1.54) is 0 Å². The van der Waals surface area contributed by atoms with Crippen LogP contribution in [0.25, 0.3) is 0 Å². The maximum Gasteiger partial charge on any atom is 0.247 e. The molecule has 1 heterocycles. The standard InChI is InChI=1S/C24H34ClN3O5/c1-2-19(22(30)27-33)21(15-6-8-16(25)9-7-15)24(32)28-14-4-3-5-20(28)23(31)26-17-10-12-18(29)13-11-17/h6-9,17-21,29,33H,2-5,10-14H2,1H3,(H,26,31)(H,27,30)/t17?,18?,19-,20-,21+/m0/s1. The maximum absolute atomic E-state index is 13.9. The number of halogens is 1. The SMILES string of the molecule is CC[C@H](C(=O)NO)[C@H](C(=O)N1CCCC[C@H]1C(=O)NC1CCC(O)CC1)c1ccc(Cl)cc1. The number of hydrogen-bond donors (Lipinski definition) is 4. The van der Waals surface area contributed by atoms with E-state index in [4.69, 9.17) is 11.6 Å². The van der Waals surface area contributed by atoms with Crippen molar-refractivity contribution in [3.63, 3.8) is 0 Å². The largest absolute Gasteiger partial charge is 0.393 e. The molecule has 3 rings (SSSR count). The van der Waals surface area contributed by atoms with Crippen LogP contribution in [0.5, 0.6) is 0 Å². The molecule has 0 bridgehead atoms. The highest BCUT2D eigenvalue weighted by molar-refractivity contribution is 6.30. The van der Waals surface area contributed by atoms with Crippen LogP contribution in [-0.4, -0.2) is 57.7 Å². The van der Waals surface area contributed by atoms with Gasteiger partial charge in [0, 0.05) is 17.6 Å². The van der Waals surface area contributed by atoms with Gasteiger partial charge in [0.1, 0.15) is 6.04 Å². The van der Waals surface area contributed by atoms with E-state index < -0.39 is 23.8 Å². The molecule has 8 nitrogen and oxygen atoms in total. The molecular formula is C24H34ClN3O5. The molecule has 2 fully saturated rings. The Kier molecular flexibility index (Phi) is 9.11. The Bertz CT molecular complexity index is 826. The zero-order valence-corrected chi connectivity index (χ0v) is 19.8. The lowest BCUT2D eigenvalue weighted by molar-refractivity contribution is -0.147. The Morgan fingerprint density at radius 2 is 1.76 bits per heavy atom. The van der Waals surface area contributed by atoms with Crippen molar-refractivity contribution < 1.29 is 24.7 Å². The number of benzene rings is 1. The molecule has 182 valence electrons. The number of piperidine rings is 1. The molecule has 2 aliphatic rings. The molecular weight excluding hydrogens is 446 g/mol. The second-order valence-electron chi connectivity index (χ2n) is 9.08. The molecule has 1 saturated heterocycles. The van der Waals surface area contributed by atoms with Gasteiger partial charge in [0.2, 0.25) is 17.7 Å². The zero-order chi connectivity index (χ0) is 24.0. The minimum absolute atomic E-state index is 0.00426. The maximum atomic E-state index is 13.9. The van der Waals surface area contributed by atoms with Gasteiger partial charge in [-0.2, -0.15) is 0 Å². The van der Waals surface area contributed by atoms with Crippen LogP contribution in [0.1, 0.15) is 69.8 Å². The fourth-order valence-corrected chi connectivity index (χ4v) is 5.16. The minimum Gasteiger partial charge on any atom is -0.393 e. The van der Waals surface area contributed by atoms with E-state index >= 15 is 0 Å². The first-order chi connectivity index (χ1) is 15.8. The number of likely N-dealkylation sites (tertiary alicyclic amines) is 1. The van der Waals surface area contributed by atoms with Crippen LogP contribution < -0.4 is 10.8 Å². The predicted octanol–water partition coefficient (Wildman–Crippen LogP) is 2.76. The lowest BCUT2D eigenvalue weighted by atomic mass is 9.81. The van der Waals surface area contributed by atoms with E-state index in [1.54, 1.807) is 41.6 Å². The van der Waals surface area contributed by atoms with E-state index in [0.717, 1.165) is 25.7 Å². The highest BCUT2D eigenvalue weighted by Crippen LogP contribution is 2.33. The fourth-order valence-electron chi connectivity index (χ4n) is 5.04. The number of aliphatic hydroxyl groups excluding tert-OH is 1. The first kappa shape index (κ1) is 25.5. The van der Waals surface area contributed by atoms with Gasteiger partial charge in [-0.1, -0.05) is 30.7 Å². The van der Waals surface area contributed by atoms with Crippen LogP contribution in [-0.2, 0) is 14.4 Å². The van der Waals surface area contributed by atoms with Crippen molar-refractivity contribution in [2.75, 3.05) is 6.54 Å². The van der Waals surface area contributed by atoms with Crippen molar-refractivity contribution in [2.24, 2.45) is 5.92 Å². The van der Waals surface area contributed by atoms with Gasteiger partial charge in [0.15, 0.2) is 0 Å². The summed E-state index contributed by atoms with van der Waals surface area (Å²) in [6, 6.07) is 6.14. The highest BCUT2D eigenvalue weighted by Gasteiger charge is 2.41. The zero-order valence-electron chi connectivity index (χ0n) is 19.0. The number of hydrogen-bond acceptors (Lipinski definition) is 5. The molecule has 33 heavy (non-hydrogen) atoms. The van der Waals surface area contributed by atoms with Gasteiger partial charge in [-0.3, -0.25) is 19.6 Å². The molecule has 0 aromatic heterocycles. The second kappa shape index (κ2) is 11.8. The molecule has 4 N–H and O–H groups in total. The topological polar surface area (TPSA) is 119 Å². The van der Waals surface area contributed by atoms with Crippen LogP contribution in [0.15, 0.2) is 24.3 Å². The van der Waals surface area contributed by atoms with Gasteiger partial charge in [-0.25, -0.2) is 5.48 Å². The third-order valence-electron chi connectivity index (χ3n) is 6.92. The van der Waals surface area contributed by atoms with Crippen LogP contribution in [0.2, 0.25) is 5.02 Å². The van der Waals surface area contributed by atoms with Gasteiger partial charge < -0.3 is 15.3 Å². The van der Waals surface area contributed by atoms with Crippen LogP contribution in [0.4, 0.5) is 0 Å². The first-order valence-electron chi connectivity index (χ1n) is 11.8. The fraction of sp³-hybridized carbons (Fsp3) is 0.625. The number of carbonyl (C=O) groups is 3. The molecule has 0 spiro atoms. The summed E-state index contributed by atoms with van der Waals surface area (Å²) >= 11 is 6.03. The lowest BCUT2D eigenvalue weighted by Crippen LogP contribution is -2.56. The number of carbonyl (C=O) groups excluding carboxylic acids is 3. The Balaban J connectivity index is 1.84. The van der Waals surface area contributed by atoms with Gasteiger partial charge >= 0.3 is 0 Å². The molecule has 3 amide bonds. The number of aliphatic hydroxyl groups is 1. The molecule has 3 atom stereocenters. The average molecular weight is 480 g/mol. The molecule has 9 heteroatoms. The molecule has 1 aromatic carbocycles. The summed E-state index contributed by atoms with van der Waals surface area (Å²) in [5.41, 5.74) is 2.31. The van der Waals surface area contributed by atoms with Gasteiger partial charge in [0.25, 0.3) is 0 Å². The third kappa shape index (κ3) is 6.25. The summed E-state index contributed by atoms with van der Waals surface area (Å²) in [7, 11) is 0. The Labute approximate surface area is 199 Å². The summed E-state index contributed by atoms with van der Waals surface area (Å²) in [4.78, 5) is 41.1. The van der Waals surface area contributed by atoms with E-state index in [-0.39, 0.29) is 24.0 Å². The van der Waals surface area contributed by atoms with Crippen molar-refractivity contribution in [2.45, 2.75) is 82.4 Å². The second-order valence-corrected chi connectivity index (χ2v) is 9.51. The van der Waals surface area contributed by atoms with Crippen LogP contribution in [0, 0.1) is 5.92 Å². The Morgan fingerprint density at radius 1 is 1.09 bits per heavy atom. The van der Waals surface area contributed by atoms with Gasteiger partial charge in [-0.05, 0) is 69.1 Å². The lowest BCUT2D eigenvalue weighted by Gasteiger charge is -2.39. The highest BCUT2D eigenvalue weighted by atomic mass is 35.5. The quantitative estimate of drug-likeness (QED) is 0.354. The van der Waals surface area contributed by atoms with Crippen molar-refractivity contribution in [1.82, 2.24) is 15.7 Å². The third-order valence-corrected chi connectivity index (χ3v) is 7.17. The molecule has 1 aromatic rings. The Hall–Kier alpha value is -2.16. The van der Waals surface area contributed by atoms with E-state index in [0.29, 0.717) is 42.8 Å². The number of nitrogens with one attached hydrogen (secondary N) is 2. The number of nitrogens with zero attached hydrogens (tertiary/aromatic N) is 1. The first-order valence-corrected chi connectivity index (χ1v) is 12.2. The summed E-state index contributed by atoms with van der Waals surface area (Å²) in [5.74, 6) is -2.76. The summed E-state index contributed by atoms with van der Waals surface area (Å²) in [5, 5.41) is 22.6. The molecule has 1 aliphatic carbocycles. The van der Waals surface area contributed by atoms with Crippen LogP contribution in [0.3, 0.4) is 0 Å². The molecule has 1 saturated carbocycles. The van der Waals surface area contributed by atoms with E-state index in [1.807, 2.05) is 0 Å². The number of amides is 3. The van der Waals surface area contributed by atoms with Crippen LogP contribution >= 0.6 is 11.6 Å². The smallest absolute Gasteiger partial charge is 0.247 e. The van der Waals surface area contributed by atoms with Gasteiger partial charge in [-0.15, -0.1) is 0 Å². The molecule has 1 aliphatic heterocycles. The summed E-state index contributed by atoms with van der Waals surface area (Å²) in [6.07, 6.45) is 4.95. The van der Waals surface area contributed by atoms with Crippen molar-refractivity contribution in [1.29, 1.82) is 0 Å². The Morgan fingerprint density at radius 3 is 2.36 bits per heavy atom. The van der Waals surface area contributed by atoms with Crippen molar-refractivity contribution in [3.8, 4) is 0 Å². The predicted molar refractivity (Wildman–Crippen MR) is 124 cm³/mol. The monoisotopic (exact) mass is 479 g/mol. The van der Waals surface area contributed by atoms with E-state index in [9.17, 15) is 24.7 Å². The van der Waals surface area contributed by atoms with Gasteiger partial charge in [0.05, 0.1) is 17.9 Å². The summed E-state index contributed by atoms with van der Waals surface area (Å²) in [6.45, 7) is 2.22. The normalized spacial score (nSPS) is 25.1. The molecule has 0 radical (unpaired) electrons. The average Bonchev–Trinajstić information content (AvgIpc) is 2.83. The number of hydroxylamine groups is 1. The number of rotatable bonds is 7. The summed E-state index contributed by atoms with van der Waals surface area (Å²) < 4.78 is 0. The molecule has 0 unspecified atom stereocenters. The van der Waals surface area contributed by atoms with E-state index in [2.05, 4.69) is 5.32 Å². The minimum atomic E-state index is -0.849. The van der Waals surface area contributed by atoms with Crippen molar-refractivity contribution >= 4 is 29.3 Å².